The molecule has 0 unspecified atom stereocenters. The molecular formula is C12H10BrF2NO4S. The Morgan fingerprint density at radius 3 is 2.52 bits per heavy atom. The van der Waals surface area contributed by atoms with Crippen molar-refractivity contribution in [3.63, 3.8) is 0 Å². The van der Waals surface area contributed by atoms with Crippen LogP contribution in [0.2, 0.25) is 0 Å². The Balaban J connectivity index is 2.17. The third-order valence-corrected chi connectivity index (χ3v) is 4.86. The van der Waals surface area contributed by atoms with Crippen LogP contribution >= 0.6 is 15.9 Å². The van der Waals surface area contributed by atoms with Crippen LogP contribution in [0.1, 0.15) is 11.3 Å². The van der Waals surface area contributed by atoms with E-state index in [0.717, 1.165) is 18.2 Å². The van der Waals surface area contributed by atoms with Crippen molar-refractivity contribution in [1.82, 2.24) is 4.72 Å². The van der Waals surface area contributed by atoms with Crippen molar-refractivity contribution in [3.8, 4) is 0 Å². The minimum atomic E-state index is -3.92. The molecular weight excluding hydrogens is 372 g/mol. The molecule has 21 heavy (non-hydrogen) atoms. The SMILES string of the molecule is O=S(=O)(NCc1ccc(F)c(F)c1)c1cc(CO)oc1Br. The average molecular weight is 382 g/mol. The average Bonchev–Trinajstić information content (AvgIpc) is 2.82. The summed E-state index contributed by atoms with van der Waals surface area (Å²) in [5.41, 5.74) is 0.263. The molecule has 0 bridgehead atoms. The first kappa shape index (κ1) is 16.1. The van der Waals surface area contributed by atoms with Gasteiger partial charge in [0.05, 0.1) is 0 Å². The fourth-order valence-corrected chi connectivity index (χ4v) is 3.58. The van der Waals surface area contributed by atoms with E-state index in [1.165, 1.54) is 6.07 Å². The molecule has 2 aromatic rings. The van der Waals surface area contributed by atoms with Gasteiger partial charge in [0.2, 0.25) is 10.0 Å². The Morgan fingerprint density at radius 2 is 1.95 bits per heavy atom. The van der Waals surface area contributed by atoms with E-state index in [0.29, 0.717) is 0 Å². The molecule has 114 valence electrons. The molecule has 0 aliphatic rings. The lowest BCUT2D eigenvalue weighted by molar-refractivity contribution is 0.245. The first-order valence-electron chi connectivity index (χ1n) is 5.66. The van der Waals surface area contributed by atoms with Crippen LogP contribution < -0.4 is 4.72 Å². The molecule has 1 heterocycles. The van der Waals surface area contributed by atoms with E-state index in [4.69, 9.17) is 9.52 Å². The first-order valence-corrected chi connectivity index (χ1v) is 7.94. The molecule has 0 aliphatic heterocycles. The van der Waals surface area contributed by atoms with Crippen LogP contribution in [0.25, 0.3) is 0 Å². The number of furan rings is 1. The molecule has 0 saturated carbocycles. The molecule has 0 amide bonds. The second-order valence-corrected chi connectivity index (χ2v) is 6.54. The number of rotatable bonds is 5. The van der Waals surface area contributed by atoms with Gasteiger partial charge in [-0.05, 0) is 33.6 Å². The fourth-order valence-electron chi connectivity index (χ4n) is 1.56. The number of aliphatic hydroxyl groups is 1. The summed E-state index contributed by atoms with van der Waals surface area (Å²) in [6.07, 6.45) is 0. The molecule has 0 spiro atoms. The molecule has 0 aliphatic carbocycles. The Morgan fingerprint density at radius 1 is 1.24 bits per heavy atom. The van der Waals surface area contributed by atoms with Crippen LogP contribution in [0.4, 0.5) is 8.78 Å². The van der Waals surface area contributed by atoms with Crippen LogP contribution in [0.15, 0.2) is 38.2 Å². The lowest BCUT2D eigenvalue weighted by atomic mass is 10.2. The van der Waals surface area contributed by atoms with Crippen molar-refractivity contribution in [2.45, 2.75) is 18.0 Å². The van der Waals surface area contributed by atoms with Crippen molar-refractivity contribution >= 4 is 26.0 Å². The smallest absolute Gasteiger partial charge is 0.245 e. The largest absolute Gasteiger partial charge is 0.450 e. The zero-order valence-corrected chi connectivity index (χ0v) is 12.8. The summed E-state index contributed by atoms with van der Waals surface area (Å²) in [5, 5.41) is 8.90. The van der Waals surface area contributed by atoms with Gasteiger partial charge in [0.25, 0.3) is 0 Å². The topological polar surface area (TPSA) is 79.5 Å². The van der Waals surface area contributed by atoms with Crippen LogP contribution in [0, 0.1) is 11.6 Å². The summed E-state index contributed by atoms with van der Waals surface area (Å²) >= 11 is 2.93. The van der Waals surface area contributed by atoms with Crippen LogP contribution in [-0.4, -0.2) is 13.5 Å². The number of hydrogen-bond acceptors (Lipinski definition) is 4. The third-order valence-electron chi connectivity index (χ3n) is 2.60. The molecule has 0 saturated heterocycles. The number of nitrogens with one attached hydrogen (secondary N) is 1. The van der Waals surface area contributed by atoms with Gasteiger partial charge in [-0.3, -0.25) is 0 Å². The summed E-state index contributed by atoms with van der Waals surface area (Å²) in [4.78, 5) is -0.186. The maximum atomic E-state index is 13.0. The lowest BCUT2D eigenvalue weighted by Gasteiger charge is -2.05. The van der Waals surface area contributed by atoms with Crippen molar-refractivity contribution in [2.24, 2.45) is 0 Å². The van der Waals surface area contributed by atoms with Crippen LogP contribution in [-0.2, 0) is 23.2 Å². The fraction of sp³-hybridized carbons (Fsp3) is 0.167. The minimum absolute atomic E-state index is 0.0515. The summed E-state index contributed by atoms with van der Waals surface area (Å²) in [7, 11) is -3.92. The second kappa shape index (κ2) is 6.22. The number of benzene rings is 1. The molecule has 5 nitrogen and oxygen atoms in total. The van der Waals surface area contributed by atoms with Crippen molar-refractivity contribution in [3.05, 3.63) is 51.9 Å². The third kappa shape index (κ3) is 3.67. The zero-order valence-electron chi connectivity index (χ0n) is 10.4. The zero-order chi connectivity index (χ0) is 15.6. The van der Waals surface area contributed by atoms with Crippen molar-refractivity contribution in [1.29, 1.82) is 0 Å². The van der Waals surface area contributed by atoms with Gasteiger partial charge in [-0.2, -0.15) is 0 Å². The Bertz CT molecular complexity index is 761. The summed E-state index contributed by atoms with van der Waals surface area (Å²) in [6, 6.07) is 4.25. The molecule has 0 fully saturated rings. The van der Waals surface area contributed by atoms with E-state index in [1.54, 1.807) is 0 Å². The van der Waals surface area contributed by atoms with E-state index in [-0.39, 0.29) is 27.4 Å². The highest BCUT2D eigenvalue weighted by molar-refractivity contribution is 9.10. The highest BCUT2D eigenvalue weighted by atomic mass is 79.9. The quantitative estimate of drug-likeness (QED) is 0.832. The molecule has 1 aromatic carbocycles. The molecule has 2 rings (SSSR count). The maximum Gasteiger partial charge on any atom is 0.245 e. The van der Waals surface area contributed by atoms with Gasteiger partial charge in [0.15, 0.2) is 16.3 Å². The molecule has 9 heteroatoms. The van der Waals surface area contributed by atoms with E-state index < -0.39 is 28.3 Å². The Hall–Kier alpha value is -1.29. The standard InChI is InChI=1S/C12H10BrF2NO4S/c13-12-11(4-8(6-17)20-12)21(18,19)16-5-7-1-2-9(14)10(15)3-7/h1-4,16-17H,5-6H2. The molecule has 0 radical (unpaired) electrons. The first-order chi connectivity index (χ1) is 9.83. The van der Waals surface area contributed by atoms with Crippen LogP contribution in [0.3, 0.4) is 0 Å². The van der Waals surface area contributed by atoms with E-state index in [2.05, 4.69) is 20.7 Å². The Kier molecular flexibility index (Phi) is 4.77. The van der Waals surface area contributed by atoms with Crippen molar-refractivity contribution < 1.29 is 26.7 Å². The number of halogens is 3. The maximum absolute atomic E-state index is 13.0. The van der Waals surface area contributed by atoms with E-state index >= 15 is 0 Å². The number of aliphatic hydroxyl groups excluding tert-OH is 1. The van der Waals surface area contributed by atoms with Gasteiger partial charge >= 0.3 is 0 Å². The predicted molar refractivity (Wildman–Crippen MR) is 72.7 cm³/mol. The van der Waals surface area contributed by atoms with E-state index in [1.807, 2.05) is 0 Å². The van der Waals surface area contributed by atoms with Gasteiger partial charge in [-0.25, -0.2) is 21.9 Å². The van der Waals surface area contributed by atoms with Gasteiger partial charge < -0.3 is 9.52 Å². The normalized spacial score (nSPS) is 11.8. The van der Waals surface area contributed by atoms with Gasteiger partial charge in [0, 0.05) is 12.6 Å². The molecule has 1 aromatic heterocycles. The molecule has 2 N–H and O–H groups in total. The minimum Gasteiger partial charge on any atom is -0.450 e. The van der Waals surface area contributed by atoms with Crippen molar-refractivity contribution in [2.75, 3.05) is 0 Å². The lowest BCUT2D eigenvalue weighted by Crippen LogP contribution is -2.23. The number of sulfonamides is 1. The summed E-state index contributed by atoms with van der Waals surface area (Å²) in [6.45, 7) is -0.664. The summed E-state index contributed by atoms with van der Waals surface area (Å²) in [5.74, 6) is -1.99. The van der Waals surface area contributed by atoms with Gasteiger partial charge in [0.1, 0.15) is 17.3 Å². The van der Waals surface area contributed by atoms with E-state index in [9.17, 15) is 17.2 Å². The highest BCUT2D eigenvalue weighted by Crippen LogP contribution is 2.26. The monoisotopic (exact) mass is 381 g/mol. The van der Waals surface area contributed by atoms with Gasteiger partial charge in [-0.1, -0.05) is 6.07 Å². The Labute approximate surface area is 127 Å². The second-order valence-electron chi connectivity index (χ2n) is 4.08. The highest BCUT2D eigenvalue weighted by Gasteiger charge is 2.22. The molecule has 0 atom stereocenters. The predicted octanol–water partition coefficient (Wildman–Crippen LogP) is 2.29. The van der Waals surface area contributed by atoms with Crippen LogP contribution in [0.5, 0.6) is 0 Å². The number of hydrogen-bond donors (Lipinski definition) is 2. The summed E-state index contributed by atoms with van der Waals surface area (Å²) < 4.78 is 57.1. The van der Waals surface area contributed by atoms with Gasteiger partial charge in [-0.15, -0.1) is 0 Å².